The molecule has 0 radical (unpaired) electrons. The molecule has 0 saturated carbocycles. The van der Waals surface area contributed by atoms with Gasteiger partial charge in [0.25, 0.3) is 5.91 Å². The summed E-state index contributed by atoms with van der Waals surface area (Å²) in [6.45, 7) is 4.54. The van der Waals surface area contributed by atoms with Crippen molar-refractivity contribution in [3.05, 3.63) is 95.0 Å². The fourth-order valence-electron chi connectivity index (χ4n) is 3.77. The number of hydrogen-bond acceptors (Lipinski definition) is 4. The van der Waals surface area contributed by atoms with Crippen molar-refractivity contribution in [3.8, 4) is 11.5 Å². The van der Waals surface area contributed by atoms with Gasteiger partial charge in [-0.1, -0.05) is 80.0 Å². The van der Waals surface area contributed by atoms with Crippen LogP contribution >= 0.6 is 11.6 Å². The Morgan fingerprint density at radius 1 is 0.917 bits per heavy atom. The molecule has 3 aromatic carbocycles. The number of halogens is 1. The van der Waals surface area contributed by atoms with Gasteiger partial charge in [0.05, 0.1) is 7.11 Å². The Kier molecular flexibility index (Phi) is 10.2. The third-order valence-electron chi connectivity index (χ3n) is 5.62. The molecule has 0 heterocycles. The van der Waals surface area contributed by atoms with Gasteiger partial charge in [-0.3, -0.25) is 9.59 Å². The average molecular weight is 509 g/mol. The number of amides is 2. The number of ether oxygens (including phenoxy) is 2. The van der Waals surface area contributed by atoms with Gasteiger partial charge in [-0.2, -0.15) is 0 Å². The molecule has 1 unspecified atom stereocenters. The predicted molar refractivity (Wildman–Crippen MR) is 142 cm³/mol. The van der Waals surface area contributed by atoms with Gasteiger partial charge >= 0.3 is 0 Å². The molecule has 0 spiro atoms. The number of hydrogen-bond donors (Lipinski definition) is 1. The first-order valence-electron chi connectivity index (χ1n) is 12.0. The molecule has 0 aliphatic rings. The number of nitrogens with zero attached hydrogens (tertiary/aromatic N) is 1. The van der Waals surface area contributed by atoms with E-state index in [2.05, 4.69) is 5.32 Å². The summed E-state index contributed by atoms with van der Waals surface area (Å²) in [6.07, 6.45) is 0.367. The number of para-hydroxylation sites is 2. The Balaban J connectivity index is 1.91. The molecule has 0 saturated heterocycles. The molecule has 3 rings (SSSR count). The second-order valence-electron chi connectivity index (χ2n) is 8.94. The van der Waals surface area contributed by atoms with E-state index in [9.17, 15) is 9.59 Å². The highest BCUT2D eigenvalue weighted by Gasteiger charge is 2.31. The molecular formula is C29H33ClN2O4. The molecule has 36 heavy (non-hydrogen) atoms. The minimum Gasteiger partial charge on any atom is -0.493 e. The maximum Gasteiger partial charge on any atom is 0.261 e. The van der Waals surface area contributed by atoms with Gasteiger partial charge < -0.3 is 19.7 Å². The van der Waals surface area contributed by atoms with Gasteiger partial charge in [0.1, 0.15) is 6.04 Å². The van der Waals surface area contributed by atoms with E-state index in [0.29, 0.717) is 29.5 Å². The fourth-order valence-corrected chi connectivity index (χ4v) is 3.98. The second kappa shape index (κ2) is 13.5. The Hall–Kier alpha value is -3.51. The standard InChI is InChI=1S/C29H33ClN2O4/c1-21(2)18-31-29(34)25(17-22-10-5-4-6-11-22)32(19-23-12-9-13-24(30)16-23)28(33)20-36-27-15-8-7-14-26(27)35-3/h4-16,21,25H,17-20H2,1-3H3,(H,31,34). The van der Waals surface area contributed by atoms with Crippen LogP contribution in [0.5, 0.6) is 11.5 Å². The van der Waals surface area contributed by atoms with Gasteiger partial charge in [-0.25, -0.2) is 0 Å². The summed E-state index contributed by atoms with van der Waals surface area (Å²) < 4.78 is 11.2. The second-order valence-corrected chi connectivity index (χ2v) is 9.37. The maximum absolute atomic E-state index is 13.6. The van der Waals surface area contributed by atoms with Crippen LogP contribution in [0.3, 0.4) is 0 Å². The van der Waals surface area contributed by atoms with E-state index < -0.39 is 6.04 Å². The summed E-state index contributed by atoms with van der Waals surface area (Å²) >= 11 is 6.22. The molecule has 3 aromatic rings. The zero-order chi connectivity index (χ0) is 25.9. The van der Waals surface area contributed by atoms with Gasteiger partial charge in [-0.05, 0) is 41.3 Å². The zero-order valence-electron chi connectivity index (χ0n) is 20.9. The van der Waals surface area contributed by atoms with Crippen LogP contribution < -0.4 is 14.8 Å². The minimum absolute atomic E-state index is 0.208. The van der Waals surface area contributed by atoms with E-state index in [-0.39, 0.29) is 30.9 Å². The first-order chi connectivity index (χ1) is 17.4. The SMILES string of the molecule is COc1ccccc1OCC(=O)N(Cc1cccc(Cl)c1)C(Cc1ccccc1)C(=O)NCC(C)C. The monoisotopic (exact) mass is 508 g/mol. The summed E-state index contributed by atoms with van der Waals surface area (Å²) in [4.78, 5) is 28.6. The first kappa shape index (κ1) is 27.1. The number of benzene rings is 3. The number of carbonyl (C=O) groups excluding carboxylic acids is 2. The van der Waals surface area contributed by atoms with E-state index in [0.717, 1.165) is 11.1 Å². The van der Waals surface area contributed by atoms with Crippen molar-refractivity contribution in [2.45, 2.75) is 32.9 Å². The van der Waals surface area contributed by atoms with Crippen LogP contribution in [0.4, 0.5) is 0 Å². The molecule has 1 N–H and O–H groups in total. The Labute approximate surface area is 218 Å². The lowest BCUT2D eigenvalue weighted by molar-refractivity contribution is -0.142. The van der Waals surface area contributed by atoms with Crippen LogP contribution in [-0.4, -0.2) is 43.0 Å². The van der Waals surface area contributed by atoms with Crippen molar-refractivity contribution in [3.63, 3.8) is 0 Å². The van der Waals surface area contributed by atoms with Crippen molar-refractivity contribution in [2.75, 3.05) is 20.3 Å². The normalized spacial score (nSPS) is 11.6. The highest BCUT2D eigenvalue weighted by molar-refractivity contribution is 6.30. The summed E-state index contributed by atoms with van der Waals surface area (Å²) in [6, 6.07) is 23.4. The number of rotatable bonds is 12. The molecule has 0 bridgehead atoms. The molecule has 0 aliphatic carbocycles. The lowest BCUT2D eigenvalue weighted by Crippen LogP contribution is -2.52. The Morgan fingerprint density at radius 3 is 2.25 bits per heavy atom. The van der Waals surface area contributed by atoms with Gasteiger partial charge in [-0.15, -0.1) is 0 Å². The maximum atomic E-state index is 13.6. The lowest BCUT2D eigenvalue weighted by atomic mass is 10.0. The lowest BCUT2D eigenvalue weighted by Gasteiger charge is -2.31. The third kappa shape index (κ3) is 8.02. The first-order valence-corrected chi connectivity index (χ1v) is 12.4. The third-order valence-corrected chi connectivity index (χ3v) is 5.85. The molecule has 7 heteroatoms. The molecule has 0 aliphatic heterocycles. The van der Waals surface area contributed by atoms with Crippen molar-refractivity contribution in [1.82, 2.24) is 10.2 Å². The molecule has 1 atom stereocenters. The number of nitrogens with one attached hydrogen (secondary N) is 1. The van der Waals surface area contributed by atoms with E-state index >= 15 is 0 Å². The van der Waals surface area contributed by atoms with Crippen molar-refractivity contribution >= 4 is 23.4 Å². The average Bonchev–Trinajstić information content (AvgIpc) is 2.88. The predicted octanol–water partition coefficient (Wildman–Crippen LogP) is 5.14. The van der Waals surface area contributed by atoms with Crippen LogP contribution in [0.25, 0.3) is 0 Å². The van der Waals surface area contributed by atoms with E-state index in [1.165, 1.54) is 0 Å². The minimum atomic E-state index is -0.737. The number of carbonyl (C=O) groups is 2. The van der Waals surface area contributed by atoms with Gasteiger partial charge in [0.15, 0.2) is 18.1 Å². The number of methoxy groups -OCH3 is 1. The quantitative estimate of drug-likeness (QED) is 0.368. The Morgan fingerprint density at radius 2 is 1.58 bits per heavy atom. The fraction of sp³-hybridized carbons (Fsp3) is 0.310. The van der Waals surface area contributed by atoms with Crippen LogP contribution in [0.15, 0.2) is 78.9 Å². The van der Waals surface area contributed by atoms with Crippen LogP contribution in [0.1, 0.15) is 25.0 Å². The van der Waals surface area contributed by atoms with Gasteiger partial charge in [0.2, 0.25) is 5.91 Å². The Bertz CT molecular complexity index is 1140. The summed E-state index contributed by atoms with van der Waals surface area (Å²) in [7, 11) is 1.55. The van der Waals surface area contributed by atoms with Crippen molar-refractivity contribution in [1.29, 1.82) is 0 Å². The smallest absolute Gasteiger partial charge is 0.261 e. The largest absolute Gasteiger partial charge is 0.493 e. The van der Waals surface area contributed by atoms with Gasteiger partial charge in [0, 0.05) is 24.5 Å². The van der Waals surface area contributed by atoms with Crippen LogP contribution in [-0.2, 0) is 22.6 Å². The molecule has 0 fully saturated rings. The summed E-state index contributed by atoms with van der Waals surface area (Å²) in [5.41, 5.74) is 1.78. The van der Waals surface area contributed by atoms with Crippen LogP contribution in [0, 0.1) is 5.92 Å². The van der Waals surface area contributed by atoms with E-state index in [1.807, 2.05) is 68.4 Å². The highest BCUT2D eigenvalue weighted by atomic mass is 35.5. The van der Waals surface area contributed by atoms with Crippen LogP contribution in [0.2, 0.25) is 5.02 Å². The van der Waals surface area contributed by atoms with E-state index in [4.69, 9.17) is 21.1 Å². The summed E-state index contributed by atoms with van der Waals surface area (Å²) in [5.74, 6) is 0.737. The molecule has 0 aromatic heterocycles. The summed E-state index contributed by atoms with van der Waals surface area (Å²) in [5, 5.41) is 3.57. The van der Waals surface area contributed by atoms with Crippen molar-refractivity contribution in [2.24, 2.45) is 5.92 Å². The molecule has 6 nitrogen and oxygen atoms in total. The zero-order valence-corrected chi connectivity index (χ0v) is 21.7. The topological polar surface area (TPSA) is 67.9 Å². The molecule has 2 amide bonds. The molecule has 190 valence electrons. The molecular weight excluding hydrogens is 476 g/mol. The van der Waals surface area contributed by atoms with Crippen molar-refractivity contribution < 1.29 is 19.1 Å². The van der Waals surface area contributed by atoms with E-state index in [1.54, 1.807) is 36.3 Å². The highest BCUT2D eigenvalue weighted by Crippen LogP contribution is 2.26.